The molecule has 0 bridgehead atoms. The van der Waals surface area contributed by atoms with Crippen LogP contribution in [0.5, 0.6) is 17.2 Å². The minimum atomic E-state index is -0.804. The average Bonchev–Trinajstić information content (AvgIpc) is 3.46. The Labute approximate surface area is 243 Å². The van der Waals surface area contributed by atoms with Gasteiger partial charge in [-0.15, -0.1) is 0 Å². The fraction of sp³-hybridized carbons (Fsp3) is 0.515. The van der Waals surface area contributed by atoms with Gasteiger partial charge in [0.15, 0.2) is 11.5 Å². The summed E-state index contributed by atoms with van der Waals surface area (Å²) >= 11 is 0. The third-order valence-corrected chi connectivity index (χ3v) is 7.96. The monoisotopic (exact) mass is 564 g/mol. The molecule has 2 aromatic rings. The van der Waals surface area contributed by atoms with Gasteiger partial charge in [-0.2, -0.15) is 0 Å². The molecule has 8 nitrogen and oxygen atoms in total. The van der Waals surface area contributed by atoms with Crippen molar-refractivity contribution in [3.8, 4) is 17.2 Å². The van der Waals surface area contributed by atoms with Crippen molar-refractivity contribution in [3.63, 3.8) is 0 Å². The summed E-state index contributed by atoms with van der Waals surface area (Å²) in [6.07, 6.45) is 3.37. The van der Waals surface area contributed by atoms with Crippen LogP contribution in [0.1, 0.15) is 76.6 Å². The molecule has 8 heteroatoms. The van der Waals surface area contributed by atoms with Crippen molar-refractivity contribution in [1.29, 1.82) is 0 Å². The number of nitrogens with zero attached hydrogens (tertiary/aromatic N) is 1. The van der Waals surface area contributed by atoms with Gasteiger partial charge < -0.3 is 29.1 Å². The van der Waals surface area contributed by atoms with Crippen LogP contribution >= 0.6 is 0 Å². The first-order chi connectivity index (χ1) is 19.8. The van der Waals surface area contributed by atoms with Gasteiger partial charge in [0.05, 0.1) is 38.9 Å². The predicted molar refractivity (Wildman–Crippen MR) is 156 cm³/mol. The second-order valence-electron chi connectivity index (χ2n) is 10.8. The number of fused-ring (bicyclic) bond motifs is 1. The van der Waals surface area contributed by atoms with Gasteiger partial charge in [-0.1, -0.05) is 31.2 Å². The van der Waals surface area contributed by atoms with Gasteiger partial charge in [0, 0.05) is 25.0 Å². The number of Topliss-reactive ketones (excluding diaryl/α,β-unsaturated/α-hetero) is 1. The molecule has 2 aliphatic rings. The Kier molecular flexibility index (Phi) is 10.3. The zero-order valence-electron chi connectivity index (χ0n) is 25.1. The van der Waals surface area contributed by atoms with E-state index in [4.69, 9.17) is 14.2 Å². The molecular formula is C33H44N2O6. The number of amides is 1. The highest BCUT2D eigenvalue weighted by Gasteiger charge is 2.44. The number of carbonyl (C=O) groups excluding carboxylic acids is 2. The number of quaternary nitrogens is 1. The maximum absolute atomic E-state index is 14.0. The van der Waals surface area contributed by atoms with Gasteiger partial charge in [0.2, 0.25) is 5.78 Å². The first-order valence-electron chi connectivity index (χ1n) is 15.1. The molecule has 2 heterocycles. The summed E-state index contributed by atoms with van der Waals surface area (Å²) in [6.45, 7) is 14.5. The number of ketones is 1. The number of likely N-dealkylation sites (tertiary alicyclic amines) is 1. The highest BCUT2D eigenvalue weighted by atomic mass is 16.5. The summed E-state index contributed by atoms with van der Waals surface area (Å²) in [4.78, 5) is 30.0. The minimum absolute atomic E-state index is 0.0146. The van der Waals surface area contributed by atoms with Gasteiger partial charge in [-0.05, 0) is 75.1 Å². The third kappa shape index (κ3) is 6.70. The van der Waals surface area contributed by atoms with Crippen molar-refractivity contribution in [2.24, 2.45) is 0 Å². The van der Waals surface area contributed by atoms with E-state index in [9.17, 15) is 14.7 Å². The average molecular weight is 565 g/mol. The third-order valence-electron chi connectivity index (χ3n) is 7.96. The lowest BCUT2D eigenvalue weighted by molar-refractivity contribution is -0.896. The number of ether oxygens (including phenoxy) is 3. The fourth-order valence-electron chi connectivity index (χ4n) is 5.68. The molecule has 0 saturated carbocycles. The number of hydrogen-bond acceptors (Lipinski definition) is 6. The Bertz CT molecular complexity index is 1270. The Morgan fingerprint density at radius 2 is 1.80 bits per heavy atom. The van der Waals surface area contributed by atoms with Crippen LogP contribution < -0.4 is 24.2 Å². The van der Waals surface area contributed by atoms with Crippen molar-refractivity contribution >= 4 is 17.4 Å². The maximum Gasteiger partial charge on any atom is 0.295 e. The van der Waals surface area contributed by atoms with E-state index in [0.29, 0.717) is 48.8 Å². The van der Waals surface area contributed by atoms with Crippen molar-refractivity contribution in [3.05, 3.63) is 58.7 Å². The lowest BCUT2D eigenvalue weighted by Gasteiger charge is -2.28. The standard InChI is InChI=1S/C33H44N2O6/c1-6-10-18-40-27-15-12-23(21-28(27)39-9-4)30-29(31(36)24-13-14-26-25(20-24)19-22(5)41-26)32(37)33(38)35(30)17-11-16-34(7-2)8-3/h12-15,20-22,30,36H,6-11,16-19H2,1-5H3/b31-29+. The van der Waals surface area contributed by atoms with Crippen LogP contribution in [0.2, 0.25) is 0 Å². The van der Waals surface area contributed by atoms with Gasteiger partial charge in [0.1, 0.15) is 11.9 Å². The van der Waals surface area contributed by atoms with E-state index in [1.807, 2.05) is 32.0 Å². The molecule has 1 amide bonds. The summed E-state index contributed by atoms with van der Waals surface area (Å²) in [7, 11) is 0. The second-order valence-corrected chi connectivity index (χ2v) is 10.8. The van der Waals surface area contributed by atoms with Crippen LogP contribution in [0.15, 0.2) is 42.0 Å². The van der Waals surface area contributed by atoms with E-state index >= 15 is 0 Å². The number of carbonyl (C=O) groups is 2. The zero-order valence-corrected chi connectivity index (χ0v) is 25.1. The second kappa shape index (κ2) is 13.9. The molecule has 2 atom stereocenters. The van der Waals surface area contributed by atoms with E-state index in [1.165, 1.54) is 4.90 Å². The van der Waals surface area contributed by atoms with Crippen molar-refractivity contribution < 1.29 is 33.8 Å². The highest BCUT2D eigenvalue weighted by molar-refractivity contribution is 6.46. The Hall–Kier alpha value is -3.52. The zero-order chi connectivity index (χ0) is 29.5. The van der Waals surface area contributed by atoms with E-state index < -0.39 is 23.5 Å². The molecule has 0 aliphatic carbocycles. The molecule has 0 aromatic heterocycles. The number of nitrogens with one attached hydrogen (secondary N) is 1. The van der Waals surface area contributed by atoms with Crippen molar-refractivity contribution in [2.75, 3.05) is 39.4 Å². The molecule has 222 valence electrons. The van der Waals surface area contributed by atoms with Crippen LogP contribution in [-0.4, -0.2) is 62.1 Å². The number of rotatable bonds is 14. The van der Waals surface area contributed by atoms with Gasteiger partial charge in [0.25, 0.3) is 5.91 Å². The van der Waals surface area contributed by atoms with Crippen LogP contribution in [-0.2, 0) is 16.0 Å². The molecule has 1 fully saturated rings. The van der Waals surface area contributed by atoms with Gasteiger partial charge in [-0.3, -0.25) is 9.59 Å². The normalized spacial score (nSPS) is 19.5. The largest absolute Gasteiger partial charge is 0.872 e. The first kappa shape index (κ1) is 30.4. The van der Waals surface area contributed by atoms with Gasteiger partial charge >= 0.3 is 0 Å². The van der Waals surface area contributed by atoms with E-state index in [2.05, 4.69) is 20.8 Å². The van der Waals surface area contributed by atoms with Crippen LogP contribution in [0.25, 0.3) is 5.76 Å². The lowest BCUT2D eigenvalue weighted by atomic mass is 9.94. The number of unbranched alkanes of at least 4 members (excludes halogenated alkanes) is 1. The van der Waals surface area contributed by atoms with E-state index in [1.54, 1.807) is 23.1 Å². The van der Waals surface area contributed by atoms with Crippen LogP contribution in [0, 0.1) is 0 Å². The summed E-state index contributed by atoms with van der Waals surface area (Å²) in [5, 5.41) is 14.0. The van der Waals surface area contributed by atoms with Crippen molar-refractivity contribution in [1.82, 2.24) is 4.90 Å². The molecule has 2 aliphatic heterocycles. The highest BCUT2D eigenvalue weighted by Crippen LogP contribution is 2.42. The van der Waals surface area contributed by atoms with Gasteiger partial charge in [-0.25, -0.2) is 0 Å². The molecule has 0 radical (unpaired) electrons. The number of hydrogen-bond donors (Lipinski definition) is 1. The maximum atomic E-state index is 14.0. The molecule has 1 saturated heterocycles. The molecule has 4 rings (SSSR count). The van der Waals surface area contributed by atoms with Crippen molar-refractivity contribution in [2.45, 2.75) is 72.4 Å². The predicted octanol–water partition coefficient (Wildman–Crippen LogP) is 3.13. The van der Waals surface area contributed by atoms with Crippen LogP contribution in [0.4, 0.5) is 0 Å². The number of benzene rings is 2. The summed E-state index contributed by atoms with van der Waals surface area (Å²) < 4.78 is 17.7. The Morgan fingerprint density at radius 1 is 1.02 bits per heavy atom. The van der Waals surface area contributed by atoms with E-state index in [-0.39, 0.29) is 11.7 Å². The van der Waals surface area contributed by atoms with E-state index in [0.717, 1.165) is 50.2 Å². The Morgan fingerprint density at radius 3 is 2.51 bits per heavy atom. The smallest absolute Gasteiger partial charge is 0.295 e. The lowest BCUT2D eigenvalue weighted by Crippen LogP contribution is -3.11. The molecule has 1 N–H and O–H groups in total. The quantitative estimate of drug-likeness (QED) is 0.164. The van der Waals surface area contributed by atoms with Crippen LogP contribution in [0.3, 0.4) is 0 Å². The summed E-state index contributed by atoms with van der Waals surface area (Å²) in [5.41, 5.74) is 1.97. The SMILES string of the molecule is CCCCOc1ccc(C2/C(=C(\[O-])c3ccc4c(c3)CC(C)O4)C(=O)C(=O)N2CCC[NH+](CC)CC)cc1OCC. The molecule has 2 unspecified atom stereocenters. The Balaban J connectivity index is 1.76. The molecule has 0 spiro atoms. The molecular weight excluding hydrogens is 520 g/mol. The summed E-state index contributed by atoms with van der Waals surface area (Å²) in [6, 6.07) is 9.93. The molecule has 41 heavy (non-hydrogen) atoms. The summed E-state index contributed by atoms with van der Waals surface area (Å²) in [5.74, 6) is 0.112. The topological polar surface area (TPSA) is 92.6 Å². The minimum Gasteiger partial charge on any atom is -0.872 e. The molecule has 2 aromatic carbocycles. The fourth-order valence-corrected chi connectivity index (χ4v) is 5.68. The first-order valence-corrected chi connectivity index (χ1v) is 15.1.